The van der Waals surface area contributed by atoms with Crippen LogP contribution in [0.3, 0.4) is 0 Å². The second kappa shape index (κ2) is 8.07. The Morgan fingerprint density at radius 2 is 2.00 bits per heavy atom. The van der Waals surface area contributed by atoms with Gasteiger partial charge in [0.25, 0.3) is 0 Å². The molecule has 2 aromatic heterocycles. The molecule has 1 aliphatic heterocycles. The predicted molar refractivity (Wildman–Crippen MR) is 112 cm³/mol. The van der Waals surface area contributed by atoms with Crippen molar-refractivity contribution in [1.82, 2.24) is 15.5 Å². The second-order valence-electron chi connectivity index (χ2n) is 7.64. The smallest absolute Gasteiger partial charge is 0.227 e. The van der Waals surface area contributed by atoms with Crippen molar-refractivity contribution in [1.29, 1.82) is 0 Å². The Bertz CT molecular complexity index is 990. The van der Waals surface area contributed by atoms with E-state index in [1.54, 1.807) is 0 Å². The highest BCUT2D eigenvalue weighted by Crippen LogP contribution is 2.24. The van der Waals surface area contributed by atoms with E-state index in [1.807, 2.05) is 39.1 Å². The van der Waals surface area contributed by atoms with Crippen LogP contribution in [-0.4, -0.2) is 22.6 Å². The van der Waals surface area contributed by atoms with Gasteiger partial charge in [-0.25, -0.2) is 4.98 Å². The van der Waals surface area contributed by atoms with E-state index >= 15 is 0 Å². The van der Waals surface area contributed by atoms with Gasteiger partial charge in [-0.1, -0.05) is 35.5 Å². The summed E-state index contributed by atoms with van der Waals surface area (Å²) >= 11 is 0. The Morgan fingerprint density at radius 1 is 1.21 bits per heavy atom. The van der Waals surface area contributed by atoms with Gasteiger partial charge in [0.1, 0.15) is 11.6 Å². The molecule has 1 N–H and O–H groups in total. The number of hydrogen-bond acceptors (Lipinski definition) is 5. The molecule has 1 aliphatic rings. The fourth-order valence-corrected chi connectivity index (χ4v) is 3.98. The minimum atomic E-state index is -0.304. The first-order valence-electron chi connectivity index (χ1n) is 10.00. The van der Waals surface area contributed by atoms with E-state index in [0.717, 1.165) is 42.1 Å². The Labute approximate surface area is 170 Å². The van der Waals surface area contributed by atoms with E-state index < -0.39 is 0 Å². The standard InChI is InChI=1S/C23H26N4O2/c1-15(22-16(2)26-29-17(22)3)23(28)25-13-18-8-9-21(24-12-18)27-11-10-19-6-4-5-7-20(19)14-27/h4-9,12,15H,10-11,13-14H2,1-3H3,(H,25,28). The van der Waals surface area contributed by atoms with Crippen LogP contribution in [0.5, 0.6) is 0 Å². The summed E-state index contributed by atoms with van der Waals surface area (Å²) < 4.78 is 5.18. The molecule has 1 aromatic carbocycles. The minimum Gasteiger partial charge on any atom is -0.361 e. The molecule has 1 unspecified atom stereocenters. The van der Waals surface area contributed by atoms with Gasteiger partial charge in [0.15, 0.2) is 0 Å². The third-order valence-electron chi connectivity index (χ3n) is 5.65. The van der Waals surface area contributed by atoms with Gasteiger partial charge in [0.2, 0.25) is 5.91 Å². The van der Waals surface area contributed by atoms with Crippen LogP contribution in [0.1, 0.15) is 46.5 Å². The third-order valence-corrected chi connectivity index (χ3v) is 5.65. The topological polar surface area (TPSA) is 71.3 Å². The number of amides is 1. The van der Waals surface area contributed by atoms with E-state index in [9.17, 15) is 4.79 Å². The zero-order valence-electron chi connectivity index (χ0n) is 17.1. The van der Waals surface area contributed by atoms with Crippen LogP contribution in [0.2, 0.25) is 0 Å². The number of hydrogen-bond donors (Lipinski definition) is 1. The van der Waals surface area contributed by atoms with Crippen molar-refractivity contribution in [2.24, 2.45) is 0 Å². The summed E-state index contributed by atoms with van der Waals surface area (Å²) in [5.74, 6) is 1.32. The van der Waals surface area contributed by atoms with E-state index in [2.05, 4.69) is 44.6 Å². The van der Waals surface area contributed by atoms with Gasteiger partial charge >= 0.3 is 0 Å². The highest BCUT2D eigenvalue weighted by Gasteiger charge is 2.22. The van der Waals surface area contributed by atoms with Crippen LogP contribution in [0.15, 0.2) is 47.1 Å². The van der Waals surface area contributed by atoms with Crippen molar-refractivity contribution < 1.29 is 9.32 Å². The molecule has 3 aromatic rings. The second-order valence-corrected chi connectivity index (χ2v) is 7.64. The average molecular weight is 390 g/mol. The number of carbonyl (C=O) groups is 1. The van der Waals surface area contributed by atoms with Crippen molar-refractivity contribution >= 4 is 11.7 Å². The van der Waals surface area contributed by atoms with E-state index in [0.29, 0.717) is 12.3 Å². The maximum Gasteiger partial charge on any atom is 0.227 e. The van der Waals surface area contributed by atoms with Crippen LogP contribution in [0, 0.1) is 13.8 Å². The Kier molecular flexibility index (Phi) is 5.34. The molecule has 0 saturated carbocycles. The lowest BCUT2D eigenvalue weighted by Crippen LogP contribution is -2.31. The lowest BCUT2D eigenvalue weighted by Gasteiger charge is -2.29. The number of nitrogens with one attached hydrogen (secondary N) is 1. The molecule has 6 nitrogen and oxygen atoms in total. The van der Waals surface area contributed by atoms with Crippen molar-refractivity contribution in [2.75, 3.05) is 11.4 Å². The van der Waals surface area contributed by atoms with E-state index in [1.165, 1.54) is 11.1 Å². The van der Waals surface area contributed by atoms with E-state index in [-0.39, 0.29) is 11.8 Å². The van der Waals surface area contributed by atoms with Crippen LogP contribution < -0.4 is 10.2 Å². The molecule has 0 bridgehead atoms. The normalized spacial score (nSPS) is 14.4. The van der Waals surface area contributed by atoms with Crippen molar-refractivity contribution in [3.63, 3.8) is 0 Å². The number of fused-ring (bicyclic) bond motifs is 1. The first kappa shape index (κ1) is 19.2. The molecule has 0 saturated heterocycles. The van der Waals surface area contributed by atoms with Gasteiger partial charge in [-0.2, -0.15) is 0 Å². The molecule has 0 fully saturated rings. The minimum absolute atomic E-state index is 0.0453. The van der Waals surface area contributed by atoms with Crippen LogP contribution in [-0.2, 0) is 24.3 Å². The molecule has 4 rings (SSSR count). The number of aromatic nitrogens is 2. The molecule has 3 heterocycles. The molecule has 1 atom stereocenters. The quantitative estimate of drug-likeness (QED) is 0.720. The summed E-state index contributed by atoms with van der Waals surface area (Å²) in [6.07, 6.45) is 2.88. The van der Waals surface area contributed by atoms with Crippen LogP contribution >= 0.6 is 0 Å². The lowest BCUT2D eigenvalue weighted by molar-refractivity contribution is -0.122. The molecular formula is C23H26N4O2. The number of nitrogens with zero attached hydrogens (tertiary/aromatic N) is 3. The molecule has 0 radical (unpaired) electrons. The third kappa shape index (κ3) is 4.01. The van der Waals surface area contributed by atoms with Crippen LogP contribution in [0.4, 0.5) is 5.82 Å². The van der Waals surface area contributed by atoms with E-state index in [4.69, 9.17) is 4.52 Å². The van der Waals surface area contributed by atoms with Gasteiger partial charge in [0, 0.05) is 31.4 Å². The molecule has 29 heavy (non-hydrogen) atoms. The lowest BCUT2D eigenvalue weighted by atomic mass is 9.98. The summed E-state index contributed by atoms with van der Waals surface area (Å²) in [5.41, 5.74) is 5.40. The van der Waals surface area contributed by atoms with Crippen LogP contribution in [0.25, 0.3) is 0 Å². The molecule has 6 heteroatoms. The highest BCUT2D eigenvalue weighted by atomic mass is 16.5. The molecule has 1 amide bonds. The Morgan fingerprint density at radius 3 is 2.69 bits per heavy atom. The van der Waals surface area contributed by atoms with Crippen molar-refractivity contribution in [3.05, 3.63) is 76.3 Å². The summed E-state index contributed by atoms with van der Waals surface area (Å²) in [6, 6.07) is 12.6. The first-order chi connectivity index (χ1) is 14.0. The Balaban J connectivity index is 1.36. The summed E-state index contributed by atoms with van der Waals surface area (Å²) in [5, 5.41) is 6.93. The molecule has 150 valence electrons. The number of rotatable bonds is 5. The first-order valence-corrected chi connectivity index (χ1v) is 10.00. The number of benzene rings is 1. The Hall–Kier alpha value is -3.15. The zero-order valence-corrected chi connectivity index (χ0v) is 17.1. The maximum atomic E-state index is 12.5. The van der Waals surface area contributed by atoms with Crippen molar-refractivity contribution in [3.8, 4) is 0 Å². The predicted octanol–water partition coefficient (Wildman–Crippen LogP) is 3.67. The maximum absolute atomic E-state index is 12.5. The van der Waals surface area contributed by atoms with Gasteiger partial charge < -0.3 is 14.7 Å². The zero-order chi connectivity index (χ0) is 20.4. The highest BCUT2D eigenvalue weighted by molar-refractivity contribution is 5.83. The number of anilines is 1. The molecule has 0 spiro atoms. The van der Waals surface area contributed by atoms with Crippen molar-refractivity contribution in [2.45, 2.75) is 46.2 Å². The fourth-order valence-electron chi connectivity index (χ4n) is 3.98. The summed E-state index contributed by atoms with van der Waals surface area (Å²) in [4.78, 5) is 19.5. The van der Waals surface area contributed by atoms with Gasteiger partial charge in [-0.15, -0.1) is 0 Å². The SMILES string of the molecule is Cc1noc(C)c1C(C)C(=O)NCc1ccc(N2CCc3ccccc3C2)nc1. The van der Waals surface area contributed by atoms with Gasteiger partial charge in [-0.05, 0) is 49.9 Å². The molecular weight excluding hydrogens is 364 g/mol. The average Bonchev–Trinajstić information content (AvgIpc) is 3.09. The van der Waals surface area contributed by atoms with Gasteiger partial charge in [0.05, 0.1) is 11.6 Å². The monoisotopic (exact) mass is 390 g/mol. The summed E-state index contributed by atoms with van der Waals surface area (Å²) in [7, 11) is 0. The number of aryl methyl sites for hydroxylation is 2. The van der Waals surface area contributed by atoms with Gasteiger partial charge in [-0.3, -0.25) is 4.79 Å². The fraction of sp³-hybridized carbons (Fsp3) is 0.348. The number of carbonyl (C=O) groups excluding carboxylic acids is 1. The molecule has 0 aliphatic carbocycles. The summed E-state index contributed by atoms with van der Waals surface area (Å²) in [6.45, 7) is 7.86. The number of pyridine rings is 1. The largest absolute Gasteiger partial charge is 0.361 e.